The highest BCUT2D eigenvalue weighted by atomic mass is 16.5. The highest BCUT2D eigenvalue weighted by Crippen LogP contribution is 2.42. The molecular weight excluding hydrogens is 200 g/mol. The van der Waals surface area contributed by atoms with E-state index < -0.39 is 0 Å². The maximum absolute atomic E-state index is 5.64. The van der Waals surface area contributed by atoms with Crippen molar-refractivity contribution in [2.45, 2.75) is 32.6 Å². The third-order valence-corrected chi connectivity index (χ3v) is 4.07. The second kappa shape index (κ2) is 4.34. The molecule has 0 spiro atoms. The van der Waals surface area contributed by atoms with Crippen LogP contribution in [0.4, 0.5) is 0 Å². The normalized spacial score (nSPS) is 28.7. The van der Waals surface area contributed by atoms with E-state index in [4.69, 9.17) is 9.47 Å². The van der Waals surface area contributed by atoms with Gasteiger partial charge in [-0.15, -0.1) is 0 Å². The topological polar surface area (TPSA) is 18.5 Å². The van der Waals surface area contributed by atoms with Crippen molar-refractivity contribution in [1.29, 1.82) is 0 Å². The largest absolute Gasteiger partial charge is 0.376 e. The van der Waals surface area contributed by atoms with E-state index in [0.29, 0.717) is 5.92 Å². The van der Waals surface area contributed by atoms with Gasteiger partial charge in [0.05, 0.1) is 26.4 Å². The van der Waals surface area contributed by atoms with E-state index in [9.17, 15) is 0 Å². The molecule has 2 saturated heterocycles. The molecule has 0 saturated carbocycles. The van der Waals surface area contributed by atoms with Crippen LogP contribution in [0.3, 0.4) is 0 Å². The molecule has 2 heteroatoms. The van der Waals surface area contributed by atoms with Gasteiger partial charge in [0.2, 0.25) is 0 Å². The third kappa shape index (κ3) is 1.64. The number of rotatable bonds is 3. The summed E-state index contributed by atoms with van der Waals surface area (Å²) in [5.74, 6) is 0.673. The molecule has 2 heterocycles. The van der Waals surface area contributed by atoms with Crippen molar-refractivity contribution in [3.8, 4) is 0 Å². The van der Waals surface area contributed by atoms with Crippen LogP contribution in [-0.4, -0.2) is 26.4 Å². The number of hydrogen-bond acceptors (Lipinski definition) is 2. The summed E-state index contributed by atoms with van der Waals surface area (Å²) in [6.07, 6.45) is 5.10. The van der Waals surface area contributed by atoms with Crippen LogP contribution < -0.4 is 0 Å². The summed E-state index contributed by atoms with van der Waals surface area (Å²) in [4.78, 5) is 0. The van der Waals surface area contributed by atoms with E-state index in [1.807, 2.05) is 0 Å². The van der Waals surface area contributed by atoms with Crippen LogP contribution in [0, 0.1) is 5.92 Å². The lowest BCUT2D eigenvalue weighted by molar-refractivity contribution is 0.187. The van der Waals surface area contributed by atoms with Gasteiger partial charge in [-0.3, -0.25) is 0 Å². The number of allylic oxidation sites excluding steroid dienone is 1. The SMILES string of the molecule is CCCCC1=C2COCC2=C2COCC2C1. The summed E-state index contributed by atoms with van der Waals surface area (Å²) in [5, 5.41) is 0. The smallest absolute Gasteiger partial charge is 0.0725 e. The van der Waals surface area contributed by atoms with Crippen molar-refractivity contribution in [1.82, 2.24) is 0 Å². The number of unbranched alkanes of at least 4 members (excludes halogenated alkanes) is 1. The minimum absolute atomic E-state index is 0.673. The number of ether oxygens (including phenoxy) is 2. The molecule has 0 bridgehead atoms. The Balaban J connectivity index is 1.90. The van der Waals surface area contributed by atoms with Crippen molar-refractivity contribution in [2.24, 2.45) is 5.92 Å². The Morgan fingerprint density at radius 1 is 1.12 bits per heavy atom. The highest BCUT2D eigenvalue weighted by molar-refractivity contribution is 5.48. The van der Waals surface area contributed by atoms with Gasteiger partial charge in [-0.05, 0) is 36.0 Å². The third-order valence-electron chi connectivity index (χ3n) is 4.07. The van der Waals surface area contributed by atoms with Crippen molar-refractivity contribution in [2.75, 3.05) is 26.4 Å². The van der Waals surface area contributed by atoms with Crippen molar-refractivity contribution in [3.63, 3.8) is 0 Å². The first-order valence-corrected chi connectivity index (χ1v) is 6.48. The molecule has 0 aromatic rings. The summed E-state index contributed by atoms with van der Waals surface area (Å²) in [5.41, 5.74) is 6.24. The summed E-state index contributed by atoms with van der Waals surface area (Å²) in [6, 6.07) is 0. The van der Waals surface area contributed by atoms with Gasteiger partial charge in [-0.2, -0.15) is 0 Å². The molecule has 0 aromatic carbocycles. The first-order chi connectivity index (χ1) is 7.90. The second-order valence-electron chi connectivity index (χ2n) is 5.10. The average molecular weight is 220 g/mol. The zero-order chi connectivity index (χ0) is 11.0. The molecule has 0 N–H and O–H groups in total. The number of fused-ring (bicyclic) bond motifs is 2. The Labute approximate surface area is 97.3 Å². The van der Waals surface area contributed by atoms with Crippen LogP contribution in [-0.2, 0) is 9.47 Å². The van der Waals surface area contributed by atoms with Gasteiger partial charge < -0.3 is 9.47 Å². The first kappa shape index (κ1) is 10.5. The van der Waals surface area contributed by atoms with Crippen LogP contribution in [0.15, 0.2) is 22.3 Å². The second-order valence-corrected chi connectivity index (χ2v) is 5.10. The summed E-state index contributed by atoms with van der Waals surface area (Å²) in [6.45, 7) is 5.74. The molecule has 2 fully saturated rings. The molecule has 16 heavy (non-hydrogen) atoms. The molecule has 0 radical (unpaired) electrons. The zero-order valence-corrected chi connectivity index (χ0v) is 10.1. The molecule has 0 amide bonds. The average Bonchev–Trinajstić information content (AvgIpc) is 2.92. The van der Waals surface area contributed by atoms with Crippen LogP contribution in [0.1, 0.15) is 32.6 Å². The van der Waals surface area contributed by atoms with Crippen LogP contribution >= 0.6 is 0 Å². The van der Waals surface area contributed by atoms with E-state index in [0.717, 1.165) is 26.4 Å². The molecule has 3 rings (SSSR count). The molecular formula is C14H20O2. The Kier molecular flexibility index (Phi) is 2.86. The van der Waals surface area contributed by atoms with Crippen LogP contribution in [0.5, 0.6) is 0 Å². The van der Waals surface area contributed by atoms with Crippen LogP contribution in [0.2, 0.25) is 0 Å². The fourth-order valence-corrected chi connectivity index (χ4v) is 3.14. The van der Waals surface area contributed by atoms with E-state index in [-0.39, 0.29) is 0 Å². The van der Waals surface area contributed by atoms with Gasteiger partial charge in [0, 0.05) is 5.92 Å². The lowest BCUT2D eigenvalue weighted by atomic mass is 9.80. The van der Waals surface area contributed by atoms with Gasteiger partial charge in [-0.1, -0.05) is 18.9 Å². The monoisotopic (exact) mass is 220 g/mol. The van der Waals surface area contributed by atoms with E-state index in [1.165, 1.54) is 36.8 Å². The fraction of sp³-hybridized carbons (Fsp3) is 0.714. The highest BCUT2D eigenvalue weighted by Gasteiger charge is 2.34. The Morgan fingerprint density at radius 2 is 2.00 bits per heavy atom. The quantitative estimate of drug-likeness (QED) is 0.728. The molecule has 88 valence electrons. The molecule has 2 nitrogen and oxygen atoms in total. The summed E-state index contributed by atoms with van der Waals surface area (Å²) < 4.78 is 11.3. The summed E-state index contributed by atoms with van der Waals surface area (Å²) >= 11 is 0. The van der Waals surface area contributed by atoms with Gasteiger partial charge in [0.25, 0.3) is 0 Å². The molecule has 1 unspecified atom stereocenters. The molecule has 3 aliphatic rings. The zero-order valence-electron chi connectivity index (χ0n) is 10.1. The molecule has 1 atom stereocenters. The van der Waals surface area contributed by atoms with E-state index in [1.54, 1.807) is 11.1 Å². The van der Waals surface area contributed by atoms with E-state index in [2.05, 4.69) is 6.92 Å². The lowest BCUT2D eigenvalue weighted by Crippen LogP contribution is -2.14. The maximum atomic E-state index is 5.64. The summed E-state index contributed by atoms with van der Waals surface area (Å²) in [7, 11) is 0. The lowest BCUT2D eigenvalue weighted by Gasteiger charge is -2.23. The van der Waals surface area contributed by atoms with Crippen molar-refractivity contribution >= 4 is 0 Å². The van der Waals surface area contributed by atoms with Crippen LogP contribution in [0.25, 0.3) is 0 Å². The minimum atomic E-state index is 0.673. The predicted octanol–water partition coefficient (Wildman–Crippen LogP) is 2.85. The van der Waals surface area contributed by atoms with Crippen molar-refractivity contribution in [3.05, 3.63) is 22.3 Å². The van der Waals surface area contributed by atoms with E-state index >= 15 is 0 Å². The van der Waals surface area contributed by atoms with Gasteiger partial charge in [0.1, 0.15) is 0 Å². The fourth-order valence-electron chi connectivity index (χ4n) is 3.14. The Morgan fingerprint density at radius 3 is 2.88 bits per heavy atom. The molecule has 2 aliphatic heterocycles. The predicted molar refractivity (Wildman–Crippen MR) is 63.3 cm³/mol. The number of hydrogen-bond donors (Lipinski definition) is 0. The van der Waals surface area contributed by atoms with Gasteiger partial charge in [-0.25, -0.2) is 0 Å². The van der Waals surface area contributed by atoms with Gasteiger partial charge >= 0.3 is 0 Å². The van der Waals surface area contributed by atoms with Gasteiger partial charge in [0.15, 0.2) is 0 Å². The molecule has 0 aromatic heterocycles. The Hall–Kier alpha value is -0.600. The molecule has 1 aliphatic carbocycles. The first-order valence-electron chi connectivity index (χ1n) is 6.48. The maximum Gasteiger partial charge on any atom is 0.0725 e. The Bertz CT molecular complexity index is 352. The standard InChI is InChI=1S/C14H20O2/c1-2-3-4-10-5-11-6-15-8-13(11)14-9-16-7-12(10)14/h11H,2-9H2,1H3. The minimum Gasteiger partial charge on any atom is -0.376 e. The van der Waals surface area contributed by atoms with Crippen molar-refractivity contribution < 1.29 is 9.47 Å².